The molecular weight excluding hydrogens is 249 g/mol. The zero-order valence-corrected chi connectivity index (χ0v) is 11.0. The molecule has 94 valence electrons. The molecule has 18 heavy (non-hydrogen) atoms. The molecule has 1 aromatic heterocycles. The van der Waals surface area contributed by atoms with Crippen LogP contribution in [0.25, 0.3) is 0 Å². The highest BCUT2D eigenvalue weighted by molar-refractivity contribution is 7.99. The number of aromatic nitrogens is 2. The second kappa shape index (κ2) is 5.93. The maximum absolute atomic E-state index is 13.3. The Hall–Kier alpha value is -1.46. The molecule has 0 aliphatic carbocycles. The quantitative estimate of drug-likeness (QED) is 0.920. The fourth-order valence-electron chi connectivity index (χ4n) is 1.56. The Labute approximate surface area is 110 Å². The number of benzene rings is 1. The summed E-state index contributed by atoms with van der Waals surface area (Å²) in [7, 11) is 1.85. The highest BCUT2D eigenvalue weighted by Gasteiger charge is 2.11. The van der Waals surface area contributed by atoms with Gasteiger partial charge in [0.05, 0.1) is 6.20 Å². The van der Waals surface area contributed by atoms with Crippen molar-refractivity contribution in [2.45, 2.75) is 22.9 Å². The van der Waals surface area contributed by atoms with Gasteiger partial charge in [0.15, 0.2) is 0 Å². The van der Waals surface area contributed by atoms with Crippen molar-refractivity contribution < 1.29 is 4.39 Å². The summed E-state index contributed by atoms with van der Waals surface area (Å²) in [6.07, 6.45) is 4.97. The van der Waals surface area contributed by atoms with Crippen molar-refractivity contribution in [3.05, 3.63) is 48.2 Å². The van der Waals surface area contributed by atoms with Crippen LogP contribution in [-0.2, 0) is 0 Å². The van der Waals surface area contributed by atoms with Gasteiger partial charge in [0.2, 0.25) is 0 Å². The van der Waals surface area contributed by atoms with Crippen LogP contribution in [0.2, 0.25) is 0 Å². The molecule has 1 N–H and O–H groups in total. The van der Waals surface area contributed by atoms with E-state index in [-0.39, 0.29) is 11.9 Å². The topological polar surface area (TPSA) is 37.8 Å². The van der Waals surface area contributed by atoms with Crippen molar-refractivity contribution in [3.8, 4) is 0 Å². The minimum atomic E-state index is -0.226. The van der Waals surface area contributed by atoms with Crippen molar-refractivity contribution in [3.63, 3.8) is 0 Å². The summed E-state index contributed by atoms with van der Waals surface area (Å²) in [5.74, 6) is -0.226. The molecule has 5 heteroatoms. The van der Waals surface area contributed by atoms with E-state index in [9.17, 15) is 4.39 Å². The zero-order valence-electron chi connectivity index (χ0n) is 10.2. The molecular formula is C13H14FN3S. The van der Waals surface area contributed by atoms with Crippen molar-refractivity contribution in [1.82, 2.24) is 15.3 Å². The smallest absolute Gasteiger partial charge is 0.123 e. The number of hydrogen-bond acceptors (Lipinski definition) is 4. The van der Waals surface area contributed by atoms with E-state index >= 15 is 0 Å². The predicted molar refractivity (Wildman–Crippen MR) is 70.0 cm³/mol. The predicted octanol–water partition coefficient (Wildman–Crippen LogP) is 3.05. The van der Waals surface area contributed by atoms with E-state index in [2.05, 4.69) is 15.3 Å². The first-order valence-electron chi connectivity index (χ1n) is 5.61. The van der Waals surface area contributed by atoms with Crippen molar-refractivity contribution in [2.75, 3.05) is 7.05 Å². The van der Waals surface area contributed by atoms with E-state index in [0.29, 0.717) is 0 Å². The van der Waals surface area contributed by atoms with Gasteiger partial charge in [-0.15, -0.1) is 0 Å². The van der Waals surface area contributed by atoms with E-state index in [1.165, 1.54) is 17.8 Å². The average molecular weight is 263 g/mol. The van der Waals surface area contributed by atoms with Gasteiger partial charge in [-0.1, -0.05) is 11.8 Å². The largest absolute Gasteiger partial charge is 0.313 e. The molecule has 0 radical (unpaired) electrons. The van der Waals surface area contributed by atoms with Gasteiger partial charge in [-0.3, -0.25) is 4.98 Å². The van der Waals surface area contributed by atoms with Crippen LogP contribution in [0.15, 0.2) is 46.7 Å². The Bertz CT molecular complexity index is 519. The number of nitrogens with one attached hydrogen (secondary N) is 1. The van der Waals surface area contributed by atoms with Crippen molar-refractivity contribution in [1.29, 1.82) is 0 Å². The standard InChI is InChI=1S/C13H14FN3S/c1-9(15-2)11-7-10(14)3-4-12(11)18-13-8-16-5-6-17-13/h3-9,15H,1-2H3. The molecule has 1 aromatic carbocycles. The number of halogens is 1. The molecule has 0 aliphatic rings. The van der Waals surface area contributed by atoms with Crippen LogP contribution >= 0.6 is 11.8 Å². The van der Waals surface area contributed by atoms with Crippen LogP contribution in [0.4, 0.5) is 4.39 Å². The number of rotatable bonds is 4. The maximum Gasteiger partial charge on any atom is 0.123 e. The van der Waals surface area contributed by atoms with Gasteiger partial charge in [-0.2, -0.15) is 0 Å². The molecule has 1 unspecified atom stereocenters. The normalized spacial score (nSPS) is 12.4. The van der Waals surface area contributed by atoms with E-state index in [1.54, 1.807) is 30.7 Å². The van der Waals surface area contributed by atoms with E-state index in [0.717, 1.165) is 15.5 Å². The molecule has 0 bridgehead atoms. The van der Waals surface area contributed by atoms with Crippen LogP contribution in [0, 0.1) is 5.82 Å². The highest BCUT2D eigenvalue weighted by Crippen LogP contribution is 2.32. The molecule has 1 atom stereocenters. The second-order valence-corrected chi connectivity index (χ2v) is 4.90. The first-order valence-corrected chi connectivity index (χ1v) is 6.43. The van der Waals surface area contributed by atoms with Gasteiger partial charge in [-0.25, -0.2) is 9.37 Å². The minimum absolute atomic E-state index is 0.0832. The van der Waals surface area contributed by atoms with Gasteiger partial charge in [-0.05, 0) is 37.7 Å². The molecule has 0 saturated heterocycles. The van der Waals surface area contributed by atoms with Gasteiger partial charge in [0.1, 0.15) is 10.8 Å². The number of nitrogens with zero attached hydrogens (tertiary/aromatic N) is 2. The second-order valence-electron chi connectivity index (χ2n) is 3.84. The molecule has 3 nitrogen and oxygen atoms in total. The van der Waals surface area contributed by atoms with Crippen LogP contribution in [0.5, 0.6) is 0 Å². The lowest BCUT2D eigenvalue weighted by Gasteiger charge is -2.15. The van der Waals surface area contributed by atoms with E-state index in [1.807, 2.05) is 14.0 Å². The summed E-state index contributed by atoms with van der Waals surface area (Å²) in [6.45, 7) is 2.00. The molecule has 1 heterocycles. The first-order chi connectivity index (χ1) is 8.70. The van der Waals surface area contributed by atoms with Gasteiger partial charge in [0.25, 0.3) is 0 Å². The Morgan fingerprint density at radius 3 is 2.83 bits per heavy atom. The lowest BCUT2D eigenvalue weighted by Crippen LogP contribution is -2.13. The third-order valence-electron chi connectivity index (χ3n) is 2.63. The van der Waals surface area contributed by atoms with Crippen LogP contribution < -0.4 is 5.32 Å². The molecule has 0 saturated carbocycles. The van der Waals surface area contributed by atoms with Gasteiger partial charge < -0.3 is 5.32 Å². The fraction of sp³-hybridized carbons (Fsp3) is 0.231. The summed E-state index contributed by atoms with van der Waals surface area (Å²) < 4.78 is 13.3. The minimum Gasteiger partial charge on any atom is -0.313 e. The average Bonchev–Trinajstić information content (AvgIpc) is 2.41. The molecule has 0 amide bonds. The third-order valence-corrected chi connectivity index (χ3v) is 3.64. The lowest BCUT2D eigenvalue weighted by molar-refractivity contribution is 0.601. The van der Waals surface area contributed by atoms with Crippen molar-refractivity contribution >= 4 is 11.8 Å². The van der Waals surface area contributed by atoms with Crippen LogP contribution in [0.1, 0.15) is 18.5 Å². The Morgan fingerprint density at radius 2 is 2.17 bits per heavy atom. The molecule has 0 spiro atoms. The first kappa shape index (κ1) is 13.0. The van der Waals surface area contributed by atoms with E-state index in [4.69, 9.17) is 0 Å². The summed E-state index contributed by atoms with van der Waals surface area (Å²) in [5, 5.41) is 3.92. The zero-order chi connectivity index (χ0) is 13.0. The van der Waals surface area contributed by atoms with Gasteiger partial charge >= 0.3 is 0 Å². The summed E-state index contributed by atoms with van der Waals surface area (Å²) in [4.78, 5) is 9.21. The Balaban J connectivity index is 2.32. The third kappa shape index (κ3) is 3.05. The summed E-state index contributed by atoms with van der Waals surface area (Å²) >= 11 is 1.49. The molecule has 0 fully saturated rings. The molecule has 0 aliphatic heterocycles. The summed E-state index contributed by atoms with van der Waals surface area (Å²) in [5.41, 5.74) is 0.924. The summed E-state index contributed by atoms with van der Waals surface area (Å²) in [6, 6.07) is 4.88. The lowest BCUT2D eigenvalue weighted by atomic mass is 10.1. The van der Waals surface area contributed by atoms with E-state index < -0.39 is 0 Å². The number of hydrogen-bond donors (Lipinski definition) is 1. The van der Waals surface area contributed by atoms with Crippen molar-refractivity contribution in [2.24, 2.45) is 0 Å². The highest BCUT2D eigenvalue weighted by atomic mass is 32.2. The maximum atomic E-state index is 13.3. The van der Waals surface area contributed by atoms with Gasteiger partial charge in [0, 0.05) is 23.3 Å². The SMILES string of the molecule is CNC(C)c1cc(F)ccc1Sc1cnccn1. The van der Waals surface area contributed by atoms with Crippen LogP contribution in [0.3, 0.4) is 0 Å². The molecule has 2 rings (SSSR count). The molecule has 2 aromatic rings. The fourth-order valence-corrected chi connectivity index (χ4v) is 2.50. The monoisotopic (exact) mass is 263 g/mol. The Kier molecular flexibility index (Phi) is 4.28. The Morgan fingerprint density at radius 1 is 1.33 bits per heavy atom. The van der Waals surface area contributed by atoms with Crippen LogP contribution in [-0.4, -0.2) is 17.0 Å².